The van der Waals surface area contributed by atoms with E-state index in [1.807, 2.05) is 0 Å². The van der Waals surface area contributed by atoms with E-state index in [9.17, 15) is 4.39 Å². The van der Waals surface area contributed by atoms with Gasteiger partial charge in [-0.2, -0.15) is 4.68 Å². The van der Waals surface area contributed by atoms with Crippen molar-refractivity contribution in [2.24, 2.45) is 0 Å². The average molecular weight is 292 g/mol. The molecule has 0 aliphatic carbocycles. The zero-order chi connectivity index (χ0) is 10.8. The van der Waals surface area contributed by atoms with Crippen LogP contribution in [0.5, 0.6) is 0 Å². The minimum Gasteiger partial charge on any atom is -0.207 e. The predicted molar refractivity (Wildman–Crippen MR) is 56.4 cm³/mol. The third kappa shape index (κ3) is 2.00. The molecule has 0 radical (unpaired) electrons. The number of nitrogens with zero attached hydrogens (tertiary/aromatic N) is 4. The Morgan fingerprint density at radius 3 is 3.00 bits per heavy atom. The van der Waals surface area contributed by atoms with E-state index in [4.69, 9.17) is 11.6 Å². The Morgan fingerprint density at radius 2 is 2.27 bits per heavy atom. The van der Waals surface area contributed by atoms with Crippen LogP contribution in [-0.2, 0) is 5.88 Å². The van der Waals surface area contributed by atoms with Gasteiger partial charge in [0.25, 0.3) is 0 Å². The lowest BCUT2D eigenvalue weighted by Crippen LogP contribution is -2.02. The van der Waals surface area contributed by atoms with E-state index < -0.39 is 0 Å². The van der Waals surface area contributed by atoms with E-state index in [-0.39, 0.29) is 11.7 Å². The minimum absolute atomic E-state index is 0.163. The van der Waals surface area contributed by atoms with E-state index in [1.54, 1.807) is 6.07 Å². The van der Waals surface area contributed by atoms with E-state index in [2.05, 4.69) is 31.5 Å². The van der Waals surface area contributed by atoms with Gasteiger partial charge in [0.1, 0.15) is 5.82 Å². The lowest BCUT2D eigenvalue weighted by Gasteiger charge is -2.04. The molecule has 0 saturated carbocycles. The Kier molecular flexibility index (Phi) is 2.97. The molecule has 0 saturated heterocycles. The summed E-state index contributed by atoms with van der Waals surface area (Å²) >= 11 is 8.93. The summed E-state index contributed by atoms with van der Waals surface area (Å²) in [5.41, 5.74) is 0.524. The van der Waals surface area contributed by atoms with Gasteiger partial charge in [0, 0.05) is 10.5 Å². The lowest BCUT2D eigenvalue weighted by atomic mass is 10.3. The lowest BCUT2D eigenvalue weighted by molar-refractivity contribution is 0.623. The van der Waals surface area contributed by atoms with Crippen LogP contribution in [0.4, 0.5) is 4.39 Å². The van der Waals surface area contributed by atoms with Crippen LogP contribution >= 0.6 is 27.5 Å². The fraction of sp³-hybridized carbons (Fsp3) is 0.125. The van der Waals surface area contributed by atoms with Crippen molar-refractivity contribution < 1.29 is 4.39 Å². The molecule has 0 aliphatic rings. The van der Waals surface area contributed by atoms with Crippen molar-refractivity contribution in [2.75, 3.05) is 0 Å². The molecule has 78 valence electrons. The van der Waals surface area contributed by atoms with Crippen LogP contribution in [-0.4, -0.2) is 20.2 Å². The van der Waals surface area contributed by atoms with Crippen molar-refractivity contribution in [1.29, 1.82) is 0 Å². The zero-order valence-corrected chi connectivity index (χ0v) is 9.70. The highest BCUT2D eigenvalue weighted by Crippen LogP contribution is 2.22. The predicted octanol–water partition coefficient (Wildman–Crippen LogP) is 2.30. The van der Waals surface area contributed by atoms with Gasteiger partial charge in [0.2, 0.25) is 0 Å². The van der Waals surface area contributed by atoms with E-state index in [0.717, 1.165) is 0 Å². The highest BCUT2D eigenvalue weighted by atomic mass is 79.9. The fourth-order valence-electron chi connectivity index (χ4n) is 1.12. The maximum absolute atomic E-state index is 13.0. The van der Waals surface area contributed by atoms with Crippen LogP contribution in [0.25, 0.3) is 5.69 Å². The maximum atomic E-state index is 13.0. The Morgan fingerprint density at radius 1 is 1.47 bits per heavy atom. The molecule has 0 atom stereocenters. The van der Waals surface area contributed by atoms with Gasteiger partial charge in [-0.25, -0.2) is 4.39 Å². The molecule has 0 amide bonds. The summed E-state index contributed by atoms with van der Waals surface area (Å²) in [6, 6.07) is 4.26. The van der Waals surface area contributed by atoms with E-state index in [0.29, 0.717) is 16.0 Å². The first kappa shape index (κ1) is 10.5. The SMILES string of the molecule is Fc1ccc(Br)c(-n2nnnc2CCl)c1. The monoisotopic (exact) mass is 290 g/mol. The molecule has 2 aromatic rings. The molecule has 15 heavy (non-hydrogen) atoms. The Bertz CT molecular complexity index is 487. The highest BCUT2D eigenvalue weighted by Gasteiger charge is 2.10. The van der Waals surface area contributed by atoms with Gasteiger partial charge in [0.15, 0.2) is 5.82 Å². The molecule has 4 nitrogen and oxygen atoms in total. The zero-order valence-electron chi connectivity index (χ0n) is 7.36. The second-order valence-corrected chi connectivity index (χ2v) is 3.86. The van der Waals surface area contributed by atoms with Crippen molar-refractivity contribution >= 4 is 27.5 Å². The number of rotatable bonds is 2. The molecule has 0 bridgehead atoms. The van der Waals surface area contributed by atoms with Crippen LogP contribution in [0.2, 0.25) is 0 Å². The first-order valence-corrected chi connectivity index (χ1v) is 5.34. The number of hydrogen-bond acceptors (Lipinski definition) is 3. The van der Waals surface area contributed by atoms with Gasteiger partial charge in [-0.1, -0.05) is 0 Å². The van der Waals surface area contributed by atoms with Crippen molar-refractivity contribution in [3.05, 3.63) is 34.3 Å². The van der Waals surface area contributed by atoms with Crippen molar-refractivity contribution in [2.45, 2.75) is 5.88 Å². The minimum atomic E-state index is -0.357. The second kappa shape index (κ2) is 4.24. The smallest absolute Gasteiger partial charge is 0.171 e. The normalized spacial score (nSPS) is 10.6. The van der Waals surface area contributed by atoms with Crippen LogP contribution in [0, 0.1) is 5.82 Å². The molecule has 0 aliphatic heterocycles. The molecule has 0 spiro atoms. The summed E-state index contributed by atoms with van der Waals surface area (Å²) in [6.07, 6.45) is 0. The summed E-state index contributed by atoms with van der Waals surface area (Å²) in [4.78, 5) is 0. The summed E-state index contributed by atoms with van der Waals surface area (Å²) in [6.45, 7) is 0. The molecular formula is C8H5BrClFN4. The second-order valence-electron chi connectivity index (χ2n) is 2.74. The summed E-state index contributed by atoms with van der Waals surface area (Å²) in [5.74, 6) is 0.267. The Balaban J connectivity index is 2.58. The number of alkyl halides is 1. The Labute approximate surface area is 98.2 Å². The van der Waals surface area contributed by atoms with Crippen molar-refractivity contribution in [3.8, 4) is 5.69 Å². The number of tetrazole rings is 1. The van der Waals surface area contributed by atoms with Gasteiger partial charge in [-0.15, -0.1) is 16.7 Å². The van der Waals surface area contributed by atoms with Gasteiger partial charge in [0.05, 0.1) is 11.6 Å². The quantitative estimate of drug-likeness (QED) is 0.798. The van der Waals surface area contributed by atoms with Crippen LogP contribution in [0.1, 0.15) is 5.82 Å². The van der Waals surface area contributed by atoms with Gasteiger partial charge < -0.3 is 0 Å². The molecule has 0 unspecified atom stereocenters. The molecule has 1 heterocycles. The Hall–Kier alpha value is -1.01. The van der Waals surface area contributed by atoms with E-state index in [1.165, 1.54) is 16.8 Å². The fourth-order valence-corrected chi connectivity index (χ4v) is 1.71. The van der Waals surface area contributed by atoms with Crippen LogP contribution in [0.15, 0.2) is 22.7 Å². The van der Waals surface area contributed by atoms with Gasteiger partial charge >= 0.3 is 0 Å². The number of halogens is 3. The van der Waals surface area contributed by atoms with E-state index >= 15 is 0 Å². The molecular weight excluding hydrogens is 286 g/mol. The standard InChI is InChI=1S/C8H5BrClFN4/c9-6-2-1-5(11)3-7(6)15-8(4-10)12-13-14-15/h1-3H,4H2. The van der Waals surface area contributed by atoms with Gasteiger partial charge in [-0.05, 0) is 38.5 Å². The maximum Gasteiger partial charge on any atom is 0.171 e. The third-order valence-electron chi connectivity index (χ3n) is 1.79. The highest BCUT2D eigenvalue weighted by molar-refractivity contribution is 9.10. The number of aromatic nitrogens is 4. The molecule has 2 rings (SSSR count). The molecule has 0 fully saturated rings. The summed E-state index contributed by atoms with van der Waals surface area (Å²) < 4.78 is 15.1. The largest absolute Gasteiger partial charge is 0.207 e. The van der Waals surface area contributed by atoms with Crippen LogP contribution in [0.3, 0.4) is 0 Å². The topological polar surface area (TPSA) is 43.6 Å². The average Bonchev–Trinajstić information content (AvgIpc) is 2.69. The number of benzene rings is 1. The molecule has 7 heteroatoms. The van der Waals surface area contributed by atoms with Gasteiger partial charge in [-0.3, -0.25) is 0 Å². The first-order chi connectivity index (χ1) is 7.22. The van der Waals surface area contributed by atoms with Crippen LogP contribution < -0.4 is 0 Å². The molecule has 1 aromatic carbocycles. The summed E-state index contributed by atoms with van der Waals surface area (Å²) in [7, 11) is 0. The molecule has 1 aromatic heterocycles. The first-order valence-electron chi connectivity index (χ1n) is 4.01. The molecule has 0 N–H and O–H groups in total. The third-order valence-corrected chi connectivity index (χ3v) is 2.70. The number of hydrogen-bond donors (Lipinski definition) is 0. The summed E-state index contributed by atoms with van der Waals surface area (Å²) in [5, 5.41) is 10.9. The van der Waals surface area contributed by atoms with Crippen molar-refractivity contribution in [1.82, 2.24) is 20.2 Å². The van der Waals surface area contributed by atoms with Crippen molar-refractivity contribution in [3.63, 3.8) is 0 Å².